The van der Waals surface area contributed by atoms with Crippen LogP contribution >= 0.6 is 0 Å². The molecule has 1 aliphatic rings. The van der Waals surface area contributed by atoms with Gasteiger partial charge in [0.15, 0.2) is 0 Å². The Morgan fingerprint density at radius 1 is 1.04 bits per heavy atom. The fourth-order valence-electron chi connectivity index (χ4n) is 3.99. The number of ether oxygens (including phenoxy) is 1. The van der Waals surface area contributed by atoms with E-state index in [0.29, 0.717) is 19.3 Å². The molecular weight excluding hydrogens is 344 g/mol. The first-order valence-corrected chi connectivity index (χ1v) is 8.80. The van der Waals surface area contributed by atoms with E-state index >= 15 is 0 Å². The first-order valence-electron chi connectivity index (χ1n) is 8.80. The lowest BCUT2D eigenvalue weighted by Crippen LogP contribution is -2.29. The maximum atomic E-state index is 11.3. The molecule has 0 radical (unpaired) electrons. The van der Waals surface area contributed by atoms with Crippen LogP contribution in [0.25, 0.3) is 22.3 Å². The molecular formula is C21H18N2O4. The molecule has 1 aliphatic carbocycles. The number of nitrogens with zero attached hydrogens (tertiary/aromatic N) is 2. The summed E-state index contributed by atoms with van der Waals surface area (Å²) in [5, 5.41) is 9.30. The minimum absolute atomic E-state index is 0.0105. The smallest absolute Gasteiger partial charge is 0.303 e. The van der Waals surface area contributed by atoms with Gasteiger partial charge in [-0.15, -0.1) is 0 Å². The van der Waals surface area contributed by atoms with Crippen LogP contribution in [0.15, 0.2) is 48.5 Å². The molecule has 0 bridgehead atoms. The van der Waals surface area contributed by atoms with Gasteiger partial charge in [0.1, 0.15) is 0 Å². The molecule has 27 heavy (non-hydrogen) atoms. The van der Waals surface area contributed by atoms with Crippen LogP contribution in [0.4, 0.5) is 0 Å². The van der Waals surface area contributed by atoms with Crippen molar-refractivity contribution in [3.8, 4) is 11.3 Å². The average Bonchev–Trinajstić information content (AvgIpc) is 2.95. The van der Waals surface area contributed by atoms with Crippen molar-refractivity contribution in [1.82, 2.24) is 9.97 Å². The van der Waals surface area contributed by atoms with Crippen molar-refractivity contribution in [3.63, 3.8) is 0 Å². The van der Waals surface area contributed by atoms with Crippen LogP contribution in [0.1, 0.15) is 30.5 Å². The lowest BCUT2D eigenvalue weighted by molar-refractivity contribution is -0.137. The summed E-state index contributed by atoms with van der Waals surface area (Å²) in [6, 6.07) is 15.5. The highest BCUT2D eigenvalue weighted by atomic mass is 16.5. The highest BCUT2D eigenvalue weighted by Gasteiger charge is 2.45. The van der Waals surface area contributed by atoms with Gasteiger partial charge < -0.3 is 9.84 Å². The van der Waals surface area contributed by atoms with Crippen molar-refractivity contribution in [1.29, 1.82) is 0 Å². The molecule has 136 valence electrons. The molecule has 1 atom stereocenters. The molecule has 1 heterocycles. The summed E-state index contributed by atoms with van der Waals surface area (Å²) in [4.78, 5) is 31.7. The van der Waals surface area contributed by atoms with Crippen LogP contribution in [-0.2, 0) is 19.7 Å². The molecule has 6 heteroatoms. The molecule has 0 saturated carbocycles. The number of hydrogen-bond acceptors (Lipinski definition) is 5. The molecule has 1 aromatic heterocycles. The fraction of sp³-hybridized carbons (Fsp3) is 0.238. The van der Waals surface area contributed by atoms with Crippen LogP contribution in [-0.4, -0.2) is 34.1 Å². The van der Waals surface area contributed by atoms with E-state index in [9.17, 15) is 14.7 Å². The van der Waals surface area contributed by atoms with Crippen molar-refractivity contribution in [2.75, 3.05) is 6.61 Å². The lowest BCUT2D eigenvalue weighted by Gasteiger charge is -2.30. The van der Waals surface area contributed by atoms with E-state index in [1.165, 1.54) is 0 Å². The predicted octanol–water partition coefficient (Wildman–Crippen LogP) is 3.32. The highest BCUT2D eigenvalue weighted by Crippen LogP contribution is 2.52. The van der Waals surface area contributed by atoms with Crippen molar-refractivity contribution in [3.05, 3.63) is 59.8 Å². The number of carboxylic acids is 1. The number of carboxylic acid groups (broad SMARTS) is 1. The number of carbonyl (C=O) groups excluding carboxylic acids is 1. The van der Waals surface area contributed by atoms with E-state index in [0.717, 1.165) is 33.5 Å². The maximum Gasteiger partial charge on any atom is 0.303 e. The first kappa shape index (κ1) is 17.1. The summed E-state index contributed by atoms with van der Waals surface area (Å²) in [6.45, 7) is 0.601. The molecule has 0 aliphatic heterocycles. The van der Waals surface area contributed by atoms with Gasteiger partial charge in [-0.2, -0.15) is 0 Å². The quantitative estimate of drug-likeness (QED) is 0.512. The lowest BCUT2D eigenvalue weighted by atomic mass is 9.74. The van der Waals surface area contributed by atoms with Crippen LogP contribution in [0.3, 0.4) is 0 Å². The molecule has 4 rings (SSSR count). The van der Waals surface area contributed by atoms with Crippen molar-refractivity contribution in [2.45, 2.75) is 24.7 Å². The van der Waals surface area contributed by atoms with E-state index in [-0.39, 0.29) is 13.0 Å². The molecule has 0 amide bonds. The van der Waals surface area contributed by atoms with Crippen LogP contribution < -0.4 is 0 Å². The van der Waals surface area contributed by atoms with E-state index in [4.69, 9.17) is 14.7 Å². The molecule has 0 saturated heterocycles. The van der Waals surface area contributed by atoms with E-state index < -0.39 is 11.4 Å². The van der Waals surface area contributed by atoms with Gasteiger partial charge in [-0.3, -0.25) is 9.59 Å². The molecule has 0 spiro atoms. The number of aromatic nitrogens is 2. The van der Waals surface area contributed by atoms with E-state index in [1.807, 2.05) is 48.5 Å². The third-order valence-electron chi connectivity index (χ3n) is 5.20. The van der Waals surface area contributed by atoms with Crippen LogP contribution in [0.2, 0.25) is 0 Å². The Hall–Kier alpha value is -3.28. The zero-order valence-electron chi connectivity index (χ0n) is 14.6. The summed E-state index contributed by atoms with van der Waals surface area (Å²) in [7, 11) is 0. The predicted molar refractivity (Wildman–Crippen MR) is 99.3 cm³/mol. The minimum Gasteiger partial charge on any atom is -0.481 e. The Morgan fingerprint density at radius 2 is 1.74 bits per heavy atom. The van der Waals surface area contributed by atoms with E-state index in [1.54, 1.807) is 0 Å². The zero-order chi connectivity index (χ0) is 18.9. The normalized spacial score (nSPS) is 17.3. The Labute approximate surface area is 155 Å². The number of rotatable bonds is 7. The van der Waals surface area contributed by atoms with Crippen LogP contribution in [0.5, 0.6) is 0 Å². The van der Waals surface area contributed by atoms with Gasteiger partial charge in [0.25, 0.3) is 6.47 Å². The largest absolute Gasteiger partial charge is 0.481 e. The van der Waals surface area contributed by atoms with Gasteiger partial charge in [0, 0.05) is 17.4 Å². The number of benzene rings is 2. The summed E-state index contributed by atoms with van der Waals surface area (Å²) >= 11 is 0. The molecule has 1 unspecified atom stereocenters. The summed E-state index contributed by atoms with van der Waals surface area (Å²) < 4.78 is 4.97. The average molecular weight is 362 g/mol. The van der Waals surface area contributed by atoms with Crippen molar-refractivity contribution in [2.24, 2.45) is 0 Å². The molecule has 1 N–H and O–H groups in total. The Morgan fingerprint density at radius 3 is 2.48 bits per heavy atom. The number of aliphatic carboxylic acids is 1. The maximum absolute atomic E-state index is 11.3. The third-order valence-corrected chi connectivity index (χ3v) is 5.20. The van der Waals surface area contributed by atoms with Crippen LogP contribution in [0, 0.1) is 0 Å². The number of fused-ring (bicyclic) bond motifs is 4. The monoisotopic (exact) mass is 362 g/mol. The molecule has 6 nitrogen and oxygen atoms in total. The zero-order valence-corrected chi connectivity index (χ0v) is 14.6. The summed E-state index contributed by atoms with van der Waals surface area (Å²) in [5.41, 5.74) is 4.40. The number of hydrogen-bond donors (Lipinski definition) is 1. The SMILES string of the molecule is O=COCCC1(CCC(=O)O)c2ccccc2-c2nc3ccccc3nc21. The second-order valence-electron chi connectivity index (χ2n) is 6.65. The van der Waals surface area contributed by atoms with Gasteiger partial charge >= 0.3 is 5.97 Å². The van der Waals surface area contributed by atoms with Gasteiger partial charge in [0.2, 0.25) is 0 Å². The topological polar surface area (TPSA) is 89.4 Å². The summed E-state index contributed by atoms with van der Waals surface area (Å²) in [5.74, 6) is -0.870. The Bertz CT molecular complexity index is 1030. The molecule has 2 aromatic carbocycles. The van der Waals surface area contributed by atoms with E-state index in [2.05, 4.69) is 0 Å². The van der Waals surface area contributed by atoms with Crippen molar-refractivity contribution < 1.29 is 19.4 Å². The second-order valence-corrected chi connectivity index (χ2v) is 6.65. The van der Waals surface area contributed by atoms with Crippen molar-refractivity contribution >= 4 is 23.5 Å². The number of carbonyl (C=O) groups is 2. The third kappa shape index (κ3) is 2.83. The van der Waals surface area contributed by atoms with Gasteiger partial charge in [0.05, 0.1) is 29.0 Å². The Kier molecular flexibility index (Phi) is 4.32. The second kappa shape index (κ2) is 6.79. The molecule has 0 fully saturated rings. The standard InChI is InChI=1S/C21H18N2O4/c24-13-27-12-11-21(10-9-18(25)26)15-6-2-1-5-14(15)19-20(21)23-17-8-4-3-7-16(17)22-19/h1-8,13H,9-12H2,(H,25,26). The van der Waals surface area contributed by atoms with Gasteiger partial charge in [-0.25, -0.2) is 9.97 Å². The first-order chi connectivity index (χ1) is 13.2. The van der Waals surface area contributed by atoms with Gasteiger partial charge in [-0.1, -0.05) is 36.4 Å². The Balaban J connectivity index is 1.95. The molecule has 3 aromatic rings. The summed E-state index contributed by atoms with van der Waals surface area (Å²) in [6.07, 6.45) is 0.807. The fourth-order valence-corrected chi connectivity index (χ4v) is 3.99. The number of para-hydroxylation sites is 2. The van der Waals surface area contributed by atoms with Gasteiger partial charge in [-0.05, 0) is 30.5 Å². The minimum atomic E-state index is -0.870. The highest BCUT2D eigenvalue weighted by molar-refractivity contribution is 5.84.